The van der Waals surface area contributed by atoms with Crippen molar-refractivity contribution in [3.8, 4) is 5.75 Å². The van der Waals surface area contributed by atoms with Gasteiger partial charge in [0.2, 0.25) is 0 Å². The Labute approximate surface area is 151 Å². The van der Waals surface area contributed by atoms with Crippen LogP contribution in [0.15, 0.2) is 28.1 Å². The summed E-state index contributed by atoms with van der Waals surface area (Å²) < 4.78 is 29.5. The lowest BCUT2D eigenvalue weighted by Crippen LogP contribution is -2.21. The number of alkyl halides is 2. The van der Waals surface area contributed by atoms with Crippen LogP contribution in [0.5, 0.6) is 5.75 Å². The summed E-state index contributed by atoms with van der Waals surface area (Å²) in [4.78, 5) is 27.1. The van der Waals surface area contributed by atoms with Gasteiger partial charge in [0.05, 0.1) is 15.9 Å². The van der Waals surface area contributed by atoms with Crippen LogP contribution in [0, 0.1) is 10.1 Å². The van der Waals surface area contributed by atoms with Gasteiger partial charge in [0, 0.05) is 17.7 Å². The van der Waals surface area contributed by atoms with E-state index in [1.165, 1.54) is 6.08 Å². The number of nitro benzene ring substituents is 1. The van der Waals surface area contributed by atoms with E-state index in [1.54, 1.807) is 0 Å². The van der Waals surface area contributed by atoms with Crippen LogP contribution in [-0.2, 0) is 4.79 Å². The van der Waals surface area contributed by atoms with Gasteiger partial charge in [-0.15, -0.1) is 0 Å². The van der Waals surface area contributed by atoms with Crippen LogP contribution in [-0.4, -0.2) is 28.7 Å². The van der Waals surface area contributed by atoms with Crippen molar-refractivity contribution in [2.75, 3.05) is 0 Å². The fourth-order valence-electron chi connectivity index (χ4n) is 2.79. The van der Waals surface area contributed by atoms with E-state index in [1.807, 2.05) is 0 Å². The Kier molecular flexibility index (Phi) is 5.50. The van der Waals surface area contributed by atoms with Crippen molar-refractivity contribution in [1.82, 2.24) is 5.32 Å². The molecular weight excluding hydrogens is 368 g/mol. The summed E-state index contributed by atoms with van der Waals surface area (Å²) in [6, 6.07) is 3.41. The van der Waals surface area contributed by atoms with Gasteiger partial charge in [-0.2, -0.15) is 8.78 Å². The van der Waals surface area contributed by atoms with E-state index in [9.17, 15) is 23.7 Å². The molecule has 1 amide bonds. The normalized spacial score (nSPS) is 21.0. The second kappa shape index (κ2) is 7.81. The second-order valence-electron chi connectivity index (χ2n) is 5.80. The van der Waals surface area contributed by atoms with Gasteiger partial charge in [-0.25, -0.2) is 0 Å². The van der Waals surface area contributed by atoms with Crippen molar-refractivity contribution < 1.29 is 23.2 Å². The molecule has 1 aromatic carbocycles. The molecule has 1 saturated heterocycles. The lowest BCUT2D eigenvalue weighted by molar-refractivity contribution is -0.384. The number of ether oxygens (including phenoxy) is 1. The van der Waals surface area contributed by atoms with Gasteiger partial charge in [0.15, 0.2) is 5.17 Å². The lowest BCUT2D eigenvalue weighted by Gasteiger charge is -2.08. The zero-order chi connectivity index (χ0) is 18.7. The quantitative estimate of drug-likeness (QED) is 0.475. The number of aliphatic imine (C=N–C) groups is 1. The third kappa shape index (κ3) is 4.37. The molecule has 7 nitrogen and oxygen atoms in total. The molecule has 26 heavy (non-hydrogen) atoms. The van der Waals surface area contributed by atoms with E-state index in [0.717, 1.165) is 55.6 Å². The lowest BCUT2D eigenvalue weighted by atomic mass is 10.1. The molecule has 1 aromatic rings. The van der Waals surface area contributed by atoms with Crippen LogP contribution in [0.4, 0.5) is 14.5 Å². The van der Waals surface area contributed by atoms with Gasteiger partial charge in [0.1, 0.15) is 5.75 Å². The molecule has 1 saturated carbocycles. The molecule has 0 aromatic heterocycles. The summed E-state index contributed by atoms with van der Waals surface area (Å²) in [7, 11) is 0. The molecule has 10 heteroatoms. The molecule has 0 radical (unpaired) electrons. The smallest absolute Gasteiger partial charge is 0.387 e. The van der Waals surface area contributed by atoms with E-state index < -0.39 is 17.4 Å². The predicted molar refractivity (Wildman–Crippen MR) is 93.1 cm³/mol. The van der Waals surface area contributed by atoms with Crippen molar-refractivity contribution in [2.45, 2.75) is 38.3 Å². The van der Waals surface area contributed by atoms with Crippen LogP contribution in [0.25, 0.3) is 6.08 Å². The predicted octanol–water partition coefficient (Wildman–Crippen LogP) is 3.70. The molecule has 138 valence electrons. The molecule has 2 fully saturated rings. The molecule has 1 aliphatic carbocycles. The standard InChI is InChI=1S/C16H15F2N3O4S/c17-15(18)25-12-6-5-11(21(23)24)7-9(12)8-13-14(22)20-16(26-13)19-10-3-1-2-4-10/h5-8,10,15H,1-4H2,(H,19,20,22)/b13-8-. The Morgan fingerprint density at radius 1 is 1.38 bits per heavy atom. The van der Waals surface area contributed by atoms with Crippen molar-refractivity contribution in [2.24, 2.45) is 4.99 Å². The zero-order valence-corrected chi connectivity index (χ0v) is 14.3. The molecule has 0 bridgehead atoms. The molecule has 0 atom stereocenters. The number of nitro groups is 1. The van der Waals surface area contributed by atoms with Crippen LogP contribution in [0.3, 0.4) is 0 Å². The Morgan fingerprint density at radius 2 is 2.12 bits per heavy atom. The SMILES string of the molecule is O=C1NC(=NC2CCCC2)S/C1=C\c1cc([N+](=O)[O-])ccc1OC(F)F. The van der Waals surface area contributed by atoms with E-state index in [2.05, 4.69) is 15.0 Å². The monoisotopic (exact) mass is 383 g/mol. The second-order valence-corrected chi connectivity index (χ2v) is 6.83. The first kappa shape index (κ1) is 18.3. The number of nitrogens with one attached hydrogen (secondary N) is 1. The van der Waals surface area contributed by atoms with Crippen molar-refractivity contribution in [1.29, 1.82) is 0 Å². The first-order valence-electron chi connectivity index (χ1n) is 7.94. The summed E-state index contributed by atoms with van der Waals surface area (Å²) in [6.45, 7) is -3.09. The molecule has 1 N–H and O–H groups in total. The average molecular weight is 383 g/mol. The number of thioether (sulfide) groups is 1. The summed E-state index contributed by atoms with van der Waals surface area (Å²) in [5.74, 6) is -0.672. The van der Waals surface area contributed by atoms with Gasteiger partial charge >= 0.3 is 6.61 Å². The molecule has 0 spiro atoms. The third-order valence-electron chi connectivity index (χ3n) is 3.98. The average Bonchev–Trinajstić information content (AvgIpc) is 3.19. The number of rotatable bonds is 5. The number of amides is 1. The first-order chi connectivity index (χ1) is 12.4. The number of hydrogen-bond donors (Lipinski definition) is 1. The van der Waals surface area contributed by atoms with Crippen molar-refractivity contribution in [3.05, 3.63) is 38.8 Å². The highest BCUT2D eigenvalue weighted by molar-refractivity contribution is 8.18. The van der Waals surface area contributed by atoms with Crippen LogP contribution in [0.2, 0.25) is 0 Å². The number of carbonyl (C=O) groups excluding carboxylic acids is 1. The van der Waals surface area contributed by atoms with Crippen LogP contribution in [0.1, 0.15) is 31.2 Å². The van der Waals surface area contributed by atoms with E-state index in [0.29, 0.717) is 5.17 Å². The maximum absolute atomic E-state index is 12.6. The molecular formula is C16H15F2N3O4S. The van der Waals surface area contributed by atoms with Gasteiger partial charge in [0.25, 0.3) is 11.6 Å². The van der Waals surface area contributed by atoms with E-state index in [4.69, 9.17) is 0 Å². The fraction of sp³-hybridized carbons (Fsp3) is 0.375. The number of halogens is 2. The van der Waals surface area contributed by atoms with Crippen LogP contribution < -0.4 is 10.1 Å². The Hall–Kier alpha value is -2.49. The molecule has 0 unspecified atom stereocenters. The topological polar surface area (TPSA) is 93.8 Å². The maximum atomic E-state index is 12.6. The first-order valence-corrected chi connectivity index (χ1v) is 8.76. The van der Waals surface area contributed by atoms with Crippen molar-refractivity contribution in [3.63, 3.8) is 0 Å². The Morgan fingerprint density at radius 3 is 2.77 bits per heavy atom. The highest BCUT2D eigenvalue weighted by Gasteiger charge is 2.26. The van der Waals surface area contributed by atoms with Gasteiger partial charge < -0.3 is 10.1 Å². The highest BCUT2D eigenvalue weighted by Crippen LogP contribution is 2.33. The van der Waals surface area contributed by atoms with E-state index in [-0.39, 0.29) is 27.9 Å². The number of amidine groups is 1. The molecule has 2 aliphatic rings. The number of carbonyl (C=O) groups is 1. The summed E-state index contributed by atoms with van der Waals surface area (Å²) in [5, 5.41) is 14.0. The molecule has 1 heterocycles. The van der Waals surface area contributed by atoms with Gasteiger partial charge in [-0.05, 0) is 36.7 Å². The zero-order valence-electron chi connectivity index (χ0n) is 13.5. The summed E-state index contributed by atoms with van der Waals surface area (Å²) in [5.41, 5.74) is -0.263. The number of nitrogens with zero attached hydrogens (tertiary/aromatic N) is 2. The summed E-state index contributed by atoms with van der Waals surface area (Å²) >= 11 is 1.08. The minimum absolute atomic E-state index is 0.0271. The molecule has 3 rings (SSSR count). The van der Waals surface area contributed by atoms with Gasteiger partial charge in [-0.3, -0.25) is 19.9 Å². The maximum Gasteiger partial charge on any atom is 0.387 e. The number of non-ortho nitro benzene ring substituents is 1. The van der Waals surface area contributed by atoms with Crippen LogP contribution >= 0.6 is 11.8 Å². The third-order valence-corrected chi connectivity index (χ3v) is 4.91. The highest BCUT2D eigenvalue weighted by atomic mass is 32.2. The summed E-state index contributed by atoms with van der Waals surface area (Å²) in [6.07, 6.45) is 5.43. The van der Waals surface area contributed by atoms with Gasteiger partial charge in [-0.1, -0.05) is 12.8 Å². The molecule has 1 aliphatic heterocycles. The number of benzene rings is 1. The minimum atomic E-state index is -3.09. The Bertz CT molecular complexity index is 792. The minimum Gasteiger partial charge on any atom is -0.434 e. The largest absolute Gasteiger partial charge is 0.434 e. The Balaban J connectivity index is 1.88. The number of hydrogen-bond acceptors (Lipinski definition) is 6. The van der Waals surface area contributed by atoms with E-state index >= 15 is 0 Å². The fourth-order valence-corrected chi connectivity index (χ4v) is 3.68. The van der Waals surface area contributed by atoms with Crippen molar-refractivity contribution >= 4 is 34.6 Å².